The lowest BCUT2D eigenvalue weighted by Gasteiger charge is -2.13. The van der Waals surface area contributed by atoms with Crippen molar-refractivity contribution in [1.82, 2.24) is 14.9 Å². The molecule has 142 valence electrons. The number of nitrogens with zero attached hydrogens (tertiary/aromatic N) is 2. The summed E-state index contributed by atoms with van der Waals surface area (Å²) in [5.41, 5.74) is 5.85. The van der Waals surface area contributed by atoms with Crippen LogP contribution in [0.3, 0.4) is 0 Å². The zero-order valence-electron chi connectivity index (χ0n) is 16.6. The number of hydrogen-bond acceptors (Lipinski definition) is 2. The van der Waals surface area contributed by atoms with Crippen LogP contribution in [0.2, 0.25) is 0 Å². The lowest BCUT2D eigenvalue weighted by atomic mass is 9.99. The maximum atomic E-state index is 13.1. The monoisotopic (exact) mass is 371 g/mol. The molecule has 4 rings (SSSR count). The van der Waals surface area contributed by atoms with E-state index in [9.17, 15) is 4.79 Å². The highest BCUT2D eigenvalue weighted by atomic mass is 16.1. The van der Waals surface area contributed by atoms with Gasteiger partial charge in [0.05, 0.1) is 11.2 Å². The van der Waals surface area contributed by atoms with E-state index in [1.165, 1.54) is 10.9 Å². The first-order valence-electron chi connectivity index (χ1n) is 9.80. The van der Waals surface area contributed by atoms with Crippen LogP contribution < -0.4 is 5.32 Å². The van der Waals surface area contributed by atoms with Crippen molar-refractivity contribution < 1.29 is 4.79 Å². The molecule has 1 N–H and O–H groups in total. The molecule has 0 saturated carbocycles. The van der Waals surface area contributed by atoms with Gasteiger partial charge in [0, 0.05) is 29.9 Å². The highest BCUT2D eigenvalue weighted by Gasteiger charge is 2.22. The van der Waals surface area contributed by atoms with E-state index in [2.05, 4.69) is 48.1 Å². The fourth-order valence-corrected chi connectivity index (χ4v) is 4.07. The minimum atomic E-state index is -0.106. The summed E-state index contributed by atoms with van der Waals surface area (Å²) < 4.78 is 2.19. The Kier molecular flexibility index (Phi) is 4.86. The summed E-state index contributed by atoms with van der Waals surface area (Å²) in [6, 6.07) is 18.3. The third-order valence-electron chi connectivity index (χ3n) is 5.33. The molecule has 0 aliphatic rings. The van der Waals surface area contributed by atoms with E-state index in [0.29, 0.717) is 12.2 Å². The number of para-hydroxylation sites is 1. The molecular formula is C24H25N3O. The number of benzene rings is 2. The van der Waals surface area contributed by atoms with Crippen LogP contribution in [0.4, 0.5) is 0 Å². The number of rotatable bonds is 5. The van der Waals surface area contributed by atoms with Crippen molar-refractivity contribution in [2.24, 2.45) is 7.05 Å². The molecule has 1 amide bonds. The standard InChI is InChI=1S/C24H25N3O/c1-4-10-19-21-18-13-8-9-14-20(18)27(3)23(21)16(2)26-22(19)24(28)25-15-17-11-6-5-7-12-17/h5-9,11-14H,4,10,15H2,1-3H3,(H,25,28). The van der Waals surface area contributed by atoms with Crippen LogP contribution in [0.15, 0.2) is 54.6 Å². The van der Waals surface area contributed by atoms with Gasteiger partial charge < -0.3 is 9.88 Å². The molecule has 0 radical (unpaired) electrons. The Morgan fingerprint density at radius 2 is 1.79 bits per heavy atom. The van der Waals surface area contributed by atoms with Gasteiger partial charge >= 0.3 is 0 Å². The van der Waals surface area contributed by atoms with E-state index in [1.807, 2.05) is 37.3 Å². The van der Waals surface area contributed by atoms with Crippen LogP contribution in [0.25, 0.3) is 21.8 Å². The Labute approximate surface area is 165 Å². The zero-order valence-corrected chi connectivity index (χ0v) is 16.6. The van der Waals surface area contributed by atoms with Crippen LogP contribution in [-0.2, 0) is 20.0 Å². The van der Waals surface area contributed by atoms with Crippen LogP contribution in [0.1, 0.15) is 40.7 Å². The molecule has 0 unspecified atom stereocenters. The van der Waals surface area contributed by atoms with E-state index in [4.69, 9.17) is 4.98 Å². The molecule has 0 aliphatic carbocycles. The van der Waals surface area contributed by atoms with Crippen molar-refractivity contribution in [3.8, 4) is 0 Å². The molecule has 28 heavy (non-hydrogen) atoms. The lowest BCUT2D eigenvalue weighted by molar-refractivity contribution is 0.0945. The van der Waals surface area contributed by atoms with Crippen molar-refractivity contribution in [3.63, 3.8) is 0 Å². The minimum Gasteiger partial charge on any atom is -0.347 e. The van der Waals surface area contributed by atoms with Gasteiger partial charge in [-0.1, -0.05) is 61.9 Å². The van der Waals surface area contributed by atoms with Gasteiger partial charge in [0.2, 0.25) is 0 Å². The summed E-state index contributed by atoms with van der Waals surface area (Å²) in [5, 5.41) is 5.40. The molecule has 0 bridgehead atoms. The first-order chi connectivity index (χ1) is 13.6. The van der Waals surface area contributed by atoms with Crippen molar-refractivity contribution in [3.05, 3.63) is 77.1 Å². The molecule has 0 atom stereocenters. The normalized spacial score (nSPS) is 11.2. The molecule has 0 fully saturated rings. The maximum absolute atomic E-state index is 13.1. The van der Waals surface area contributed by atoms with Gasteiger partial charge in [-0.25, -0.2) is 4.98 Å². The van der Waals surface area contributed by atoms with Crippen LogP contribution in [-0.4, -0.2) is 15.5 Å². The zero-order chi connectivity index (χ0) is 19.7. The van der Waals surface area contributed by atoms with Crippen molar-refractivity contribution in [1.29, 1.82) is 0 Å². The number of nitrogens with one attached hydrogen (secondary N) is 1. The fraction of sp³-hybridized carbons (Fsp3) is 0.250. The third-order valence-corrected chi connectivity index (χ3v) is 5.33. The first-order valence-corrected chi connectivity index (χ1v) is 9.80. The predicted molar refractivity (Wildman–Crippen MR) is 115 cm³/mol. The van der Waals surface area contributed by atoms with Crippen molar-refractivity contribution >= 4 is 27.7 Å². The molecule has 4 aromatic rings. The average Bonchev–Trinajstić information content (AvgIpc) is 3.03. The second kappa shape index (κ2) is 7.47. The second-order valence-electron chi connectivity index (χ2n) is 7.24. The highest BCUT2D eigenvalue weighted by Crippen LogP contribution is 2.34. The van der Waals surface area contributed by atoms with Crippen molar-refractivity contribution in [2.45, 2.75) is 33.2 Å². The molecule has 0 aliphatic heterocycles. The van der Waals surface area contributed by atoms with Gasteiger partial charge in [0.1, 0.15) is 5.69 Å². The second-order valence-corrected chi connectivity index (χ2v) is 7.24. The molecular weight excluding hydrogens is 346 g/mol. The summed E-state index contributed by atoms with van der Waals surface area (Å²) in [6.07, 6.45) is 1.79. The Balaban J connectivity index is 1.85. The van der Waals surface area contributed by atoms with Gasteiger partial charge in [-0.05, 0) is 30.5 Å². The van der Waals surface area contributed by atoms with Crippen molar-refractivity contribution in [2.75, 3.05) is 0 Å². The molecule has 2 aromatic heterocycles. The number of aromatic nitrogens is 2. The van der Waals surface area contributed by atoms with Crippen LogP contribution in [0, 0.1) is 6.92 Å². The number of aryl methyl sites for hydroxylation is 3. The number of carbonyl (C=O) groups excluding carboxylic acids is 1. The Hall–Kier alpha value is -3.14. The number of amides is 1. The number of fused-ring (bicyclic) bond motifs is 3. The Morgan fingerprint density at radius 3 is 2.54 bits per heavy atom. The van der Waals surface area contributed by atoms with E-state index >= 15 is 0 Å². The molecule has 0 spiro atoms. The third kappa shape index (κ3) is 3.05. The summed E-state index contributed by atoms with van der Waals surface area (Å²) in [7, 11) is 2.07. The SMILES string of the molecule is CCCc1c(C(=O)NCc2ccccc2)nc(C)c2c1c1ccccc1n2C. The molecule has 4 nitrogen and oxygen atoms in total. The minimum absolute atomic E-state index is 0.106. The quantitative estimate of drug-likeness (QED) is 0.541. The van der Waals surface area contributed by atoms with Gasteiger partial charge in [0.25, 0.3) is 5.91 Å². The van der Waals surface area contributed by atoms with Gasteiger partial charge in [-0.2, -0.15) is 0 Å². The van der Waals surface area contributed by atoms with Crippen LogP contribution in [0.5, 0.6) is 0 Å². The fourth-order valence-electron chi connectivity index (χ4n) is 4.07. The van der Waals surface area contributed by atoms with Crippen LogP contribution >= 0.6 is 0 Å². The highest BCUT2D eigenvalue weighted by molar-refractivity contribution is 6.13. The van der Waals surface area contributed by atoms with E-state index in [-0.39, 0.29) is 5.91 Å². The summed E-state index contributed by atoms with van der Waals surface area (Å²) in [5.74, 6) is -0.106. The summed E-state index contributed by atoms with van der Waals surface area (Å²) in [4.78, 5) is 17.8. The Bertz CT molecular complexity index is 1160. The number of carbonyl (C=O) groups is 1. The predicted octanol–water partition coefficient (Wildman–Crippen LogP) is 4.92. The largest absolute Gasteiger partial charge is 0.347 e. The lowest BCUT2D eigenvalue weighted by Crippen LogP contribution is -2.25. The molecule has 4 heteroatoms. The topological polar surface area (TPSA) is 46.9 Å². The molecule has 2 heterocycles. The first kappa shape index (κ1) is 18.2. The van der Waals surface area contributed by atoms with E-state index < -0.39 is 0 Å². The average molecular weight is 371 g/mol. The van der Waals surface area contributed by atoms with E-state index in [1.54, 1.807) is 0 Å². The summed E-state index contributed by atoms with van der Waals surface area (Å²) >= 11 is 0. The smallest absolute Gasteiger partial charge is 0.270 e. The van der Waals surface area contributed by atoms with Gasteiger partial charge in [0.15, 0.2) is 0 Å². The Morgan fingerprint density at radius 1 is 1.07 bits per heavy atom. The van der Waals surface area contributed by atoms with Gasteiger partial charge in [-0.15, -0.1) is 0 Å². The number of hydrogen-bond donors (Lipinski definition) is 1. The van der Waals surface area contributed by atoms with E-state index in [0.717, 1.165) is 40.6 Å². The molecule has 2 aromatic carbocycles. The van der Waals surface area contributed by atoms with Gasteiger partial charge in [-0.3, -0.25) is 4.79 Å². The number of pyridine rings is 1. The maximum Gasteiger partial charge on any atom is 0.270 e. The summed E-state index contributed by atoms with van der Waals surface area (Å²) in [6.45, 7) is 4.63. The molecule has 0 saturated heterocycles.